The van der Waals surface area contributed by atoms with Crippen molar-refractivity contribution >= 4 is 15.9 Å². The molecule has 0 amide bonds. The maximum atomic E-state index is 13.3. The molecule has 2 aromatic heterocycles. The van der Waals surface area contributed by atoms with Gasteiger partial charge in [-0.3, -0.25) is 0 Å². The zero-order valence-electron chi connectivity index (χ0n) is 11.9. The summed E-state index contributed by atoms with van der Waals surface area (Å²) in [6, 6.07) is 3.39. The molecule has 0 aliphatic rings. The van der Waals surface area contributed by atoms with Crippen LogP contribution in [0.15, 0.2) is 29.0 Å². The van der Waals surface area contributed by atoms with Crippen molar-refractivity contribution in [2.24, 2.45) is 5.92 Å². The fourth-order valence-corrected chi connectivity index (χ4v) is 2.17. The molecule has 21 heavy (non-hydrogen) atoms. The second-order valence-corrected chi connectivity index (χ2v) is 6.04. The van der Waals surface area contributed by atoms with Gasteiger partial charge >= 0.3 is 0 Å². The van der Waals surface area contributed by atoms with Gasteiger partial charge in [-0.2, -0.15) is 5.10 Å². The highest BCUT2D eigenvalue weighted by Crippen LogP contribution is 2.25. The van der Waals surface area contributed by atoms with Gasteiger partial charge in [-0.15, -0.1) is 0 Å². The normalized spacial score (nSPS) is 11.6. The third-order valence-corrected chi connectivity index (χ3v) is 3.36. The molecule has 0 saturated carbocycles. The summed E-state index contributed by atoms with van der Waals surface area (Å²) >= 11 is 3.27. The number of aromatic nitrogens is 3. The van der Waals surface area contributed by atoms with Gasteiger partial charge in [-0.05, 0) is 40.5 Å². The van der Waals surface area contributed by atoms with Crippen molar-refractivity contribution in [1.82, 2.24) is 20.1 Å². The number of alkyl halides is 2. The van der Waals surface area contributed by atoms with Gasteiger partial charge in [0, 0.05) is 22.8 Å². The summed E-state index contributed by atoms with van der Waals surface area (Å²) in [4.78, 5) is 4.11. The summed E-state index contributed by atoms with van der Waals surface area (Å²) < 4.78 is 28.7. The fourth-order valence-electron chi connectivity index (χ4n) is 1.93. The number of hydrogen-bond acceptors (Lipinski definition) is 3. The van der Waals surface area contributed by atoms with Crippen LogP contribution in [0.1, 0.15) is 31.5 Å². The van der Waals surface area contributed by atoms with Crippen molar-refractivity contribution < 1.29 is 8.78 Å². The van der Waals surface area contributed by atoms with Crippen LogP contribution in [0.3, 0.4) is 0 Å². The van der Waals surface area contributed by atoms with Gasteiger partial charge in [-0.1, -0.05) is 13.8 Å². The largest absolute Gasteiger partial charge is 0.312 e. The molecule has 2 heterocycles. The number of halogens is 3. The van der Waals surface area contributed by atoms with E-state index in [1.54, 1.807) is 18.3 Å². The van der Waals surface area contributed by atoms with Crippen LogP contribution in [0.4, 0.5) is 8.78 Å². The van der Waals surface area contributed by atoms with E-state index in [0.717, 1.165) is 11.0 Å². The van der Waals surface area contributed by atoms with Crippen LogP contribution >= 0.6 is 15.9 Å². The number of nitrogens with zero attached hydrogens (tertiary/aromatic N) is 3. The summed E-state index contributed by atoms with van der Waals surface area (Å²) in [6.07, 6.45) is 0.426. The van der Waals surface area contributed by atoms with E-state index in [4.69, 9.17) is 0 Å². The Labute approximate surface area is 130 Å². The molecule has 4 nitrogen and oxygen atoms in total. The standard InChI is InChI=1S/C14H17BrF2N4/c1-9(2)5-18-6-10-7-20-21(13(10)14(16)17)12-4-3-11(15)8-19-12/h3-4,7-9,14,18H,5-6H2,1-2H3. The van der Waals surface area contributed by atoms with E-state index in [2.05, 4.69) is 45.2 Å². The molecule has 1 N–H and O–H groups in total. The van der Waals surface area contributed by atoms with E-state index in [1.807, 2.05) is 0 Å². The van der Waals surface area contributed by atoms with Crippen molar-refractivity contribution in [3.8, 4) is 5.82 Å². The average Bonchev–Trinajstić information content (AvgIpc) is 2.83. The molecule has 0 bridgehead atoms. The lowest BCUT2D eigenvalue weighted by molar-refractivity contribution is 0.141. The lowest BCUT2D eigenvalue weighted by Crippen LogP contribution is -2.19. The smallest absolute Gasteiger partial charge is 0.280 e. The Morgan fingerprint density at radius 3 is 2.62 bits per heavy atom. The van der Waals surface area contributed by atoms with Crippen molar-refractivity contribution in [2.75, 3.05) is 6.54 Å². The first-order chi connectivity index (χ1) is 9.99. The molecule has 0 aliphatic heterocycles. The summed E-state index contributed by atoms with van der Waals surface area (Å²) in [7, 11) is 0. The molecule has 7 heteroatoms. The van der Waals surface area contributed by atoms with Gasteiger partial charge in [-0.25, -0.2) is 18.4 Å². The predicted molar refractivity (Wildman–Crippen MR) is 80.6 cm³/mol. The van der Waals surface area contributed by atoms with Gasteiger partial charge in [0.2, 0.25) is 0 Å². The summed E-state index contributed by atoms with van der Waals surface area (Å²) in [5, 5.41) is 7.21. The quantitative estimate of drug-likeness (QED) is 0.855. The molecule has 114 valence electrons. The highest BCUT2D eigenvalue weighted by molar-refractivity contribution is 9.10. The molecule has 0 atom stereocenters. The minimum atomic E-state index is -2.60. The van der Waals surface area contributed by atoms with Crippen LogP contribution in [0.5, 0.6) is 0 Å². The number of nitrogens with one attached hydrogen (secondary N) is 1. The number of pyridine rings is 1. The third-order valence-electron chi connectivity index (χ3n) is 2.89. The second kappa shape index (κ2) is 7.09. The van der Waals surface area contributed by atoms with Crippen molar-refractivity contribution in [3.63, 3.8) is 0 Å². The molecule has 0 unspecified atom stereocenters. The van der Waals surface area contributed by atoms with Crippen LogP contribution in [0.25, 0.3) is 5.82 Å². The Balaban J connectivity index is 2.26. The number of rotatable bonds is 6. The van der Waals surface area contributed by atoms with Crippen LogP contribution < -0.4 is 5.32 Å². The predicted octanol–water partition coefficient (Wildman–Crippen LogP) is 3.71. The lowest BCUT2D eigenvalue weighted by Gasteiger charge is -2.10. The van der Waals surface area contributed by atoms with E-state index in [1.165, 1.54) is 10.9 Å². The highest BCUT2D eigenvalue weighted by atomic mass is 79.9. The Morgan fingerprint density at radius 1 is 1.29 bits per heavy atom. The molecular weight excluding hydrogens is 342 g/mol. The topological polar surface area (TPSA) is 42.7 Å². The summed E-state index contributed by atoms with van der Waals surface area (Å²) in [5.74, 6) is 0.840. The number of hydrogen-bond donors (Lipinski definition) is 1. The van der Waals surface area contributed by atoms with Gasteiger partial charge in [0.25, 0.3) is 6.43 Å². The van der Waals surface area contributed by atoms with Gasteiger partial charge in [0.15, 0.2) is 5.82 Å². The lowest BCUT2D eigenvalue weighted by atomic mass is 10.2. The minimum absolute atomic E-state index is 0.110. The highest BCUT2D eigenvalue weighted by Gasteiger charge is 2.21. The van der Waals surface area contributed by atoms with Crippen molar-refractivity contribution in [1.29, 1.82) is 0 Å². The first-order valence-corrected chi connectivity index (χ1v) is 7.46. The summed E-state index contributed by atoms with van der Waals surface area (Å²) in [6.45, 7) is 5.27. The molecule has 0 spiro atoms. The molecular formula is C14H17BrF2N4. The molecule has 2 rings (SSSR count). The first kappa shape index (κ1) is 16.0. The van der Waals surface area contributed by atoms with Crippen LogP contribution in [-0.4, -0.2) is 21.3 Å². The molecule has 0 saturated heterocycles. The Morgan fingerprint density at radius 2 is 2.05 bits per heavy atom. The summed E-state index contributed by atoms with van der Waals surface area (Å²) in [5.41, 5.74) is 0.386. The van der Waals surface area contributed by atoms with Crippen LogP contribution in [0.2, 0.25) is 0 Å². The van der Waals surface area contributed by atoms with Crippen LogP contribution in [0, 0.1) is 5.92 Å². The SMILES string of the molecule is CC(C)CNCc1cnn(-c2ccc(Br)cn2)c1C(F)F. The van der Waals surface area contributed by atoms with Gasteiger partial charge in [0.1, 0.15) is 5.69 Å². The minimum Gasteiger partial charge on any atom is -0.312 e. The van der Waals surface area contributed by atoms with Gasteiger partial charge < -0.3 is 5.32 Å². The Kier molecular flexibility index (Phi) is 5.41. The molecule has 0 aliphatic carbocycles. The maximum absolute atomic E-state index is 13.3. The first-order valence-electron chi connectivity index (χ1n) is 6.66. The van der Waals surface area contributed by atoms with E-state index in [-0.39, 0.29) is 5.69 Å². The Hall–Kier alpha value is -1.34. The molecule has 2 aromatic rings. The van der Waals surface area contributed by atoms with Crippen molar-refractivity contribution in [2.45, 2.75) is 26.8 Å². The second-order valence-electron chi connectivity index (χ2n) is 5.13. The monoisotopic (exact) mass is 358 g/mol. The average molecular weight is 359 g/mol. The molecule has 0 aromatic carbocycles. The molecule has 0 radical (unpaired) electrons. The molecule has 0 fully saturated rings. The third kappa shape index (κ3) is 4.07. The van der Waals surface area contributed by atoms with E-state index in [9.17, 15) is 8.78 Å². The van der Waals surface area contributed by atoms with E-state index < -0.39 is 6.43 Å². The maximum Gasteiger partial charge on any atom is 0.280 e. The van der Waals surface area contributed by atoms with Crippen molar-refractivity contribution in [3.05, 3.63) is 40.3 Å². The zero-order chi connectivity index (χ0) is 15.4. The van der Waals surface area contributed by atoms with E-state index >= 15 is 0 Å². The van der Waals surface area contributed by atoms with Gasteiger partial charge in [0.05, 0.1) is 6.20 Å². The van der Waals surface area contributed by atoms with Crippen LogP contribution in [-0.2, 0) is 6.54 Å². The zero-order valence-corrected chi connectivity index (χ0v) is 13.4. The Bertz CT molecular complexity index is 581. The fraction of sp³-hybridized carbons (Fsp3) is 0.429. The van der Waals surface area contributed by atoms with E-state index in [0.29, 0.717) is 23.8 Å².